The van der Waals surface area contributed by atoms with Crippen LogP contribution in [0, 0.1) is 6.92 Å². The molecule has 0 heterocycles. The Morgan fingerprint density at radius 2 is 1.82 bits per heavy atom. The first-order valence-corrected chi connectivity index (χ1v) is 9.45. The molecule has 0 aliphatic heterocycles. The second-order valence-electron chi connectivity index (χ2n) is 6.03. The lowest BCUT2D eigenvalue weighted by molar-refractivity contribution is -0.119. The molecule has 2 aromatic carbocycles. The fourth-order valence-electron chi connectivity index (χ4n) is 2.40. The SMILES string of the molecule is CCCOc1ccc(C(=O)OCC(=O)Nc2ccc(Cl)cc2C)cc1OCC. The fourth-order valence-corrected chi connectivity index (χ4v) is 2.63. The molecule has 0 spiro atoms. The highest BCUT2D eigenvalue weighted by Crippen LogP contribution is 2.29. The van der Waals surface area contributed by atoms with Crippen molar-refractivity contribution in [1.29, 1.82) is 0 Å². The number of ether oxygens (including phenoxy) is 3. The third-order valence-electron chi connectivity index (χ3n) is 3.74. The first-order valence-electron chi connectivity index (χ1n) is 9.07. The first kappa shape index (κ1) is 21.6. The molecule has 150 valence electrons. The van der Waals surface area contributed by atoms with Crippen LogP contribution in [0.4, 0.5) is 5.69 Å². The average Bonchev–Trinajstić information content (AvgIpc) is 2.67. The highest BCUT2D eigenvalue weighted by Gasteiger charge is 2.15. The number of amides is 1. The fraction of sp³-hybridized carbons (Fsp3) is 0.333. The van der Waals surface area contributed by atoms with Crippen LogP contribution in [0.5, 0.6) is 11.5 Å². The number of rotatable bonds is 9. The largest absolute Gasteiger partial charge is 0.490 e. The Bertz CT molecular complexity index is 838. The van der Waals surface area contributed by atoms with Crippen molar-refractivity contribution in [3.63, 3.8) is 0 Å². The van der Waals surface area contributed by atoms with Gasteiger partial charge in [-0.2, -0.15) is 0 Å². The van der Waals surface area contributed by atoms with Crippen molar-refractivity contribution in [2.24, 2.45) is 0 Å². The van der Waals surface area contributed by atoms with Crippen molar-refractivity contribution in [1.82, 2.24) is 0 Å². The Balaban J connectivity index is 1.97. The summed E-state index contributed by atoms with van der Waals surface area (Å²) >= 11 is 5.90. The minimum Gasteiger partial charge on any atom is -0.490 e. The Hall–Kier alpha value is -2.73. The summed E-state index contributed by atoms with van der Waals surface area (Å²) in [6.07, 6.45) is 0.859. The van der Waals surface area contributed by atoms with Crippen LogP contribution in [0.15, 0.2) is 36.4 Å². The molecule has 0 saturated heterocycles. The minimum atomic E-state index is -0.619. The van der Waals surface area contributed by atoms with Gasteiger partial charge in [0.25, 0.3) is 5.91 Å². The molecule has 0 radical (unpaired) electrons. The summed E-state index contributed by atoms with van der Waals surface area (Å²) < 4.78 is 16.2. The Kier molecular flexibility index (Phi) is 8.14. The van der Waals surface area contributed by atoms with E-state index in [0.29, 0.717) is 35.4 Å². The summed E-state index contributed by atoms with van der Waals surface area (Å²) in [6.45, 7) is 6.25. The summed E-state index contributed by atoms with van der Waals surface area (Å²) in [4.78, 5) is 24.3. The van der Waals surface area contributed by atoms with E-state index >= 15 is 0 Å². The molecule has 0 fully saturated rings. The van der Waals surface area contributed by atoms with Crippen LogP contribution < -0.4 is 14.8 Å². The van der Waals surface area contributed by atoms with Gasteiger partial charge < -0.3 is 19.5 Å². The zero-order valence-corrected chi connectivity index (χ0v) is 17.0. The van der Waals surface area contributed by atoms with Gasteiger partial charge in [-0.05, 0) is 62.2 Å². The minimum absolute atomic E-state index is 0.280. The number of carbonyl (C=O) groups is 2. The van der Waals surface area contributed by atoms with Crippen molar-refractivity contribution in [3.05, 3.63) is 52.5 Å². The average molecular weight is 406 g/mol. The standard InChI is InChI=1S/C21H24ClNO5/c1-4-10-27-18-9-6-15(12-19(18)26-5-2)21(25)28-13-20(24)23-17-8-7-16(22)11-14(17)3/h6-9,11-12H,4-5,10,13H2,1-3H3,(H,23,24). The van der Waals surface area contributed by atoms with Crippen LogP contribution in [-0.2, 0) is 9.53 Å². The molecule has 0 atom stereocenters. The van der Waals surface area contributed by atoms with Gasteiger partial charge in [0.05, 0.1) is 18.8 Å². The van der Waals surface area contributed by atoms with E-state index in [4.69, 9.17) is 25.8 Å². The molecule has 7 heteroatoms. The highest BCUT2D eigenvalue weighted by molar-refractivity contribution is 6.30. The summed E-state index contributed by atoms with van der Waals surface area (Å²) in [5.41, 5.74) is 1.71. The number of carbonyl (C=O) groups excluding carboxylic acids is 2. The van der Waals surface area contributed by atoms with Gasteiger partial charge in [-0.1, -0.05) is 18.5 Å². The summed E-state index contributed by atoms with van der Waals surface area (Å²) in [5, 5.41) is 3.27. The normalized spacial score (nSPS) is 10.3. The van der Waals surface area contributed by atoms with Crippen LogP contribution >= 0.6 is 11.6 Å². The predicted molar refractivity (Wildman–Crippen MR) is 108 cm³/mol. The Morgan fingerprint density at radius 3 is 2.50 bits per heavy atom. The third kappa shape index (κ3) is 6.16. The van der Waals surface area contributed by atoms with E-state index in [1.54, 1.807) is 36.4 Å². The molecule has 2 rings (SSSR count). The van der Waals surface area contributed by atoms with Gasteiger partial charge in [-0.25, -0.2) is 4.79 Å². The zero-order valence-electron chi connectivity index (χ0n) is 16.2. The summed E-state index contributed by atoms with van der Waals surface area (Å²) in [5.74, 6) is -0.0273. The smallest absolute Gasteiger partial charge is 0.338 e. The van der Waals surface area contributed by atoms with Crippen LogP contribution in [0.2, 0.25) is 5.02 Å². The van der Waals surface area contributed by atoms with Crippen LogP contribution in [0.3, 0.4) is 0 Å². The number of hydrogen-bond donors (Lipinski definition) is 1. The number of esters is 1. The van der Waals surface area contributed by atoms with E-state index in [0.717, 1.165) is 12.0 Å². The van der Waals surface area contributed by atoms with E-state index in [2.05, 4.69) is 5.32 Å². The third-order valence-corrected chi connectivity index (χ3v) is 3.97. The van der Waals surface area contributed by atoms with Gasteiger partial charge in [0.15, 0.2) is 18.1 Å². The maximum absolute atomic E-state index is 12.3. The van der Waals surface area contributed by atoms with Crippen molar-refractivity contribution >= 4 is 29.2 Å². The topological polar surface area (TPSA) is 73.9 Å². The first-order chi connectivity index (χ1) is 13.4. The molecular weight excluding hydrogens is 382 g/mol. The molecule has 1 N–H and O–H groups in total. The quantitative estimate of drug-likeness (QED) is 0.615. The Morgan fingerprint density at radius 1 is 1.04 bits per heavy atom. The Labute approximate surface area is 169 Å². The van der Waals surface area contributed by atoms with Gasteiger partial charge in [-0.15, -0.1) is 0 Å². The number of anilines is 1. The molecule has 0 aromatic heterocycles. The maximum Gasteiger partial charge on any atom is 0.338 e. The van der Waals surface area contributed by atoms with Crippen molar-refractivity contribution in [2.45, 2.75) is 27.2 Å². The molecule has 0 aliphatic rings. The monoisotopic (exact) mass is 405 g/mol. The van der Waals surface area contributed by atoms with Crippen molar-refractivity contribution < 1.29 is 23.8 Å². The molecule has 6 nitrogen and oxygen atoms in total. The molecule has 0 unspecified atom stereocenters. The van der Waals surface area contributed by atoms with E-state index < -0.39 is 18.5 Å². The zero-order chi connectivity index (χ0) is 20.5. The molecule has 0 aliphatic carbocycles. The van der Waals surface area contributed by atoms with Crippen LogP contribution in [-0.4, -0.2) is 31.7 Å². The van der Waals surface area contributed by atoms with E-state index in [1.165, 1.54) is 0 Å². The molecule has 28 heavy (non-hydrogen) atoms. The lowest BCUT2D eigenvalue weighted by atomic mass is 10.2. The number of halogens is 1. The van der Waals surface area contributed by atoms with Gasteiger partial charge in [0, 0.05) is 10.7 Å². The van der Waals surface area contributed by atoms with E-state index in [9.17, 15) is 9.59 Å². The van der Waals surface area contributed by atoms with Gasteiger partial charge in [-0.3, -0.25) is 4.79 Å². The number of hydrogen-bond acceptors (Lipinski definition) is 5. The van der Waals surface area contributed by atoms with Gasteiger partial charge in [0.2, 0.25) is 0 Å². The van der Waals surface area contributed by atoms with Crippen LogP contribution in [0.25, 0.3) is 0 Å². The molecular formula is C21H24ClNO5. The number of benzene rings is 2. The van der Waals surface area contributed by atoms with Gasteiger partial charge >= 0.3 is 5.97 Å². The van der Waals surface area contributed by atoms with Crippen molar-refractivity contribution in [3.8, 4) is 11.5 Å². The lowest BCUT2D eigenvalue weighted by Gasteiger charge is -2.13. The molecule has 0 saturated carbocycles. The predicted octanol–water partition coefficient (Wildman–Crippen LogP) is 4.63. The number of nitrogens with one attached hydrogen (secondary N) is 1. The molecule has 0 bridgehead atoms. The van der Waals surface area contributed by atoms with Crippen LogP contribution in [0.1, 0.15) is 36.2 Å². The second-order valence-corrected chi connectivity index (χ2v) is 6.46. The van der Waals surface area contributed by atoms with Gasteiger partial charge in [0.1, 0.15) is 0 Å². The summed E-state index contributed by atoms with van der Waals surface area (Å²) in [7, 11) is 0. The van der Waals surface area contributed by atoms with E-state index in [1.807, 2.05) is 20.8 Å². The molecule has 2 aromatic rings. The highest BCUT2D eigenvalue weighted by atomic mass is 35.5. The maximum atomic E-state index is 12.3. The second kappa shape index (κ2) is 10.6. The van der Waals surface area contributed by atoms with E-state index in [-0.39, 0.29) is 5.56 Å². The van der Waals surface area contributed by atoms with Crippen molar-refractivity contribution in [2.75, 3.05) is 25.1 Å². The lowest BCUT2D eigenvalue weighted by Crippen LogP contribution is -2.21. The molecule has 1 amide bonds. The number of aryl methyl sites for hydroxylation is 1. The summed E-state index contributed by atoms with van der Waals surface area (Å²) in [6, 6.07) is 9.90.